The van der Waals surface area contributed by atoms with Crippen LogP contribution in [0.5, 0.6) is 5.88 Å². The Balaban J connectivity index is 1.59. The monoisotopic (exact) mass is 856 g/mol. The second kappa shape index (κ2) is 16.0. The van der Waals surface area contributed by atoms with Crippen LogP contribution in [0.15, 0.2) is 52.2 Å². The smallest absolute Gasteiger partial charge is 0.267 e. The van der Waals surface area contributed by atoms with E-state index in [1.54, 1.807) is 10.8 Å². The van der Waals surface area contributed by atoms with Crippen molar-refractivity contribution < 1.29 is 40.2 Å². The predicted molar refractivity (Wildman–Crippen MR) is 204 cm³/mol. The zero-order valence-electron chi connectivity index (χ0n) is 30.4. The lowest BCUT2D eigenvalue weighted by Crippen LogP contribution is -2.22. The van der Waals surface area contributed by atoms with E-state index in [1.807, 2.05) is 4.72 Å². The van der Waals surface area contributed by atoms with Crippen molar-refractivity contribution in [2.75, 3.05) is 25.0 Å². The Bertz CT molecular complexity index is 2240. The number of nitrogens with one attached hydrogen (secondary N) is 1. The number of benzene rings is 2. The van der Waals surface area contributed by atoms with Crippen molar-refractivity contribution in [3.8, 4) is 28.5 Å². The predicted octanol–water partition coefficient (Wildman–Crippen LogP) is 8.71. The highest BCUT2D eigenvalue weighted by Crippen LogP contribution is 2.39. The Labute approximate surface area is 315 Å². The third-order valence-electron chi connectivity index (χ3n) is 8.17. The number of pyridine rings is 1. The molecule has 0 radical (unpaired) electrons. The summed E-state index contributed by atoms with van der Waals surface area (Å²) in [4.78, 5) is 7.40. The van der Waals surface area contributed by atoms with E-state index in [0.717, 1.165) is 37.5 Å². The molecule has 2 aromatic carbocycles. The fourth-order valence-corrected chi connectivity index (χ4v) is 8.32. The number of methoxy groups -OCH3 is 1. The van der Waals surface area contributed by atoms with Gasteiger partial charge in [-0.25, -0.2) is 40.6 Å². The number of sulfonamides is 1. The highest BCUT2D eigenvalue weighted by molar-refractivity contribution is 9.10. The molecule has 11 nitrogen and oxygen atoms in total. The molecule has 0 fully saturated rings. The Kier molecular flexibility index (Phi) is 12.2. The van der Waals surface area contributed by atoms with Crippen molar-refractivity contribution in [2.24, 2.45) is 0 Å². The summed E-state index contributed by atoms with van der Waals surface area (Å²) in [6, 6.07) is 6.69. The van der Waals surface area contributed by atoms with Gasteiger partial charge in [0.2, 0.25) is 5.88 Å². The van der Waals surface area contributed by atoms with Crippen LogP contribution in [0.1, 0.15) is 0 Å². The molecule has 5 rings (SSSR count). The summed E-state index contributed by atoms with van der Waals surface area (Å²) in [5.41, 5.74) is -1.91. The van der Waals surface area contributed by atoms with Crippen molar-refractivity contribution in [3.05, 3.63) is 70.6 Å². The SMILES string of the molecule is COc1ncc(F)cc1S(=O)(=O)Nc1ccc(F)c(-c2ccc3c(-c4ncc(Br)n4COCC[Si](C)(C)C)nn(COCC[Si](C)(C)C)c3c2F)c1F. The first-order valence-corrected chi connectivity index (χ1v) is 26.3. The maximum absolute atomic E-state index is 16.8. The van der Waals surface area contributed by atoms with E-state index >= 15 is 13.2 Å². The number of rotatable bonds is 16. The maximum atomic E-state index is 16.8. The number of halogens is 5. The van der Waals surface area contributed by atoms with E-state index in [1.165, 1.54) is 16.8 Å². The zero-order valence-corrected chi connectivity index (χ0v) is 34.8. The summed E-state index contributed by atoms with van der Waals surface area (Å²) >= 11 is 3.51. The minimum absolute atomic E-state index is 0.115. The number of fused-ring (bicyclic) bond motifs is 1. The van der Waals surface area contributed by atoms with Crippen LogP contribution in [0, 0.1) is 23.3 Å². The van der Waals surface area contributed by atoms with Gasteiger partial charge in [0.25, 0.3) is 10.0 Å². The molecule has 19 heteroatoms. The van der Waals surface area contributed by atoms with Gasteiger partial charge in [0, 0.05) is 46.4 Å². The number of anilines is 1. The van der Waals surface area contributed by atoms with Gasteiger partial charge in [-0.1, -0.05) is 45.3 Å². The topological polar surface area (TPSA) is 122 Å². The molecule has 0 unspecified atom stereocenters. The summed E-state index contributed by atoms with van der Waals surface area (Å²) in [7, 11) is -6.43. The van der Waals surface area contributed by atoms with Crippen molar-refractivity contribution in [2.45, 2.75) is 69.7 Å². The zero-order chi connectivity index (χ0) is 38.9. The van der Waals surface area contributed by atoms with Crippen molar-refractivity contribution >= 4 is 58.7 Å². The summed E-state index contributed by atoms with van der Waals surface area (Å²) < 4.78 is 111. The Morgan fingerprint density at radius 3 is 2.17 bits per heavy atom. The highest BCUT2D eigenvalue weighted by Gasteiger charge is 2.29. The summed E-state index contributed by atoms with van der Waals surface area (Å²) in [6.45, 7) is 14.2. The molecule has 1 N–H and O–H groups in total. The van der Waals surface area contributed by atoms with Gasteiger partial charge in [-0.3, -0.25) is 9.29 Å². The first kappa shape index (κ1) is 40.6. The molecule has 286 valence electrons. The second-order valence-corrected chi connectivity index (χ2v) is 28.5. The molecule has 0 saturated carbocycles. The van der Waals surface area contributed by atoms with Gasteiger partial charge in [0.1, 0.15) is 40.9 Å². The van der Waals surface area contributed by atoms with Crippen LogP contribution in [0.2, 0.25) is 51.4 Å². The van der Waals surface area contributed by atoms with Crippen molar-refractivity contribution in [3.63, 3.8) is 0 Å². The molecule has 3 heterocycles. The van der Waals surface area contributed by atoms with Crippen LogP contribution in [0.3, 0.4) is 0 Å². The van der Waals surface area contributed by atoms with Gasteiger partial charge < -0.3 is 14.2 Å². The number of hydrogen-bond donors (Lipinski definition) is 1. The number of imidazole rings is 1. The van der Waals surface area contributed by atoms with Crippen molar-refractivity contribution in [1.82, 2.24) is 24.3 Å². The van der Waals surface area contributed by atoms with Crippen LogP contribution < -0.4 is 9.46 Å². The van der Waals surface area contributed by atoms with E-state index in [0.29, 0.717) is 29.7 Å². The molecule has 3 aromatic heterocycles. The van der Waals surface area contributed by atoms with Crippen LogP contribution in [0.4, 0.5) is 23.2 Å². The standard InChI is InChI=1S/C34H41BrF4N6O5SSi2/c1-48-34-26(16-21(36)17-41-34)51(46,47)43-25-11-10-24(37)28(30(25)39)22-8-9-23-31(33-40-18-27(35)44(33)19-49-12-14-52(2,3)4)42-45(32(23)29(22)38)20-50-13-15-53(5,6)7/h8-11,16-18,43H,12-15,19-20H2,1-7H3. The summed E-state index contributed by atoms with van der Waals surface area (Å²) in [6.07, 6.45) is 2.32. The van der Waals surface area contributed by atoms with Crippen LogP contribution in [-0.2, 0) is 33.0 Å². The first-order valence-electron chi connectivity index (χ1n) is 16.6. The third-order valence-corrected chi connectivity index (χ3v) is 13.6. The van der Waals surface area contributed by atoms with E-state index in [-0.39, 0.29) is 30.1 Å². The molecule has 0 spiro atoms. The van der Waals surface area contributed by atoms with E-state index in [2.05, 4.69) is 70.3 Å². The van der Waals surface area contributed by atoms with Crippen LogP contribution in [-0.4, -0.2) is 69.2 Å². The van der Waals surface area contributed by atoms with Gasteiger partial charge in [0.15, 0.2) is 22.4 Å². The fraction of sp³-hybridized carbons (Fsp3) is 0.382. The van der Waals surface area contributed by atoms with Gasteiger partial charge in [0.05, 0.1) is 30.8 Å². The first-order chi connectivity index (χ1) is 24.8. The molecule has 0 bridgehead atoms. The Morgan fingerprint density at radius 1 is 0.868 bits per heavy atom. The van der Waals surface area contributed by atoms with E-state index < -0.39 is 77.0 Å². The molecule has 53 heavy (non-hydrogen) atoms. The number of hydrogen-bond acceptors (Lipinski definition) is 8. The Hall–Kier alpha value is -3.63. The van der Waals surface area contributed by atoms with Crippen LogP contribution >= 0.6 is 15.9 Å². The molecule has 0 saturated heterocycles. The third kappa shape index (κ3) is 9.37. The second-order valence-electron chi connectivity index (χ2n) is 14.8. The lowest BCUT2D eigenvalue weighted by atomic mass is 10.0. The normalized spacial score (nSPS) is 12.5. The summed E-state index contributed by atoms with van der Waals surface area (Å²) in [5, 5.41) is 4.96. The number of aromatic nitrogens is 5. The molecule has 5 aromatic rings. The summed E-state index contributed by atoms with van der Waals surface area (Å²) in [5.74, 6) is -4.71. The molecule has 0 amide bonds. The van der Waals surface area contributed by atoms with E-state index in [4.69, 9.17) is 14.2 Å². The number of ether oxygens (including phenoxy) is 3. The number of nitrogens with zero attached hydrogens (tertiary/aromatic N) is 5. The molecule has 0 aliphatic rings. The maximum Gasteiger partial charge on any atom is 0.267 e. The van der Waals surface area contributed by atoms with Gasteiger partial charge in [-0.15, -0.1) is 0 Å². The van der Waals surface area contributed by atoms with Gasteiger partial charge >= 0.3 is 0 Å². The lowest BCUT2D eigenvalue weighted by Gasteiger charge is -2.16. The van der Waals surface area contributed by atoms with E-state index in [9.17, 15) is 12.8 Å². The van der Waals surface area contributed by atoms with Gasteiger partial charge in [-0.2, -0.15) is 5.10 Å². The van der Waals surface area contributed by atoms with Crippen LogP contribution in [0.25, 0.3) is 33.5 Å². The largest absolute Gasteiger partial charge is 0.480 e. The Morgan fingerprint density at radius 2 is 1.53 bits per heavy atom. The van der Waals surface area contributed by atoms with Crippen molar-refractivity contribution in [1.29, 1.82) is 0 Å². The lowest BCUT2D eigenvalue weighted by molar-refractivity contribution is 0.0811. The quantitative estimate of drug-likeness (QED) is 0.0595. The molecule has 0 atom stereocenters. The molecular weight excluding hydrogens is 817 g/mol. The molecular formula is C34H41BrF4N6O5SSi2. The average Bonchev–Trinajstić information content (AvgIpc) is 3.62. The molecule has 0 aliphatic carbocycles. The highest BCUT2D eigenvalue weighted by atomic mass is 79.9. The fourth-order valence-electron chi connectivity index (χ4n) is 5.25. The molecule has 0 aliphatic heterocycles. The minimum Gasteiger partial charge on any atom is -0.480 e. The van der Waals surface area contributed by atoms with Gasteiger partial charge in [-0.05, 0) is 46.2 Å². The minimum atomic E-state index is -4.72. The average molecular weight is 858 g/mol.